The van der Waals surface area contributed by atoms with Gasteiger partial charge in [0.15, 0.2) is 0 Å². The number of nitrogens with zero attached hydrogens (tertiary/aromatic N) is 2. The van der Waals surface area contributed by atoms with Crippen LogP contribution in [0.5, 0.6) is 0 Å². The molecule has 0 atom stereocenters. The van der Waals surface area contributed by atoms with Gasteiger partial charge in [-0.3, -0.25) is 9.69 Å². The number of carbonyl (C=O) groups is 1. The SMILES string of the molecule is O=C1CSc2ccc(CCN3CCN(c4cccc(C(F)(F)F)c4)CC3)cc2N1. The number of amides is 1. The summed E-state index contributed by atoms with van der Waals surface area (Å²) in [5, 5.41) is 2.92. The Balaban J connectivity index is 1.31. The molecule has 0 unspecified atom stereocenters. The summed E-state index contributed by atoms with van der Waals surface area (Å²) in [6.45, 7) is 3.92. The number of thioether (sulfide) groups is 1. The summed E-state index contributed by atoms with van der Waals surface area (Å²) >= 11 is 1.55. The first-order chi connectivity index (χ1) is 13.9. The number of rotatable bonds is 4. The van der Waals surface area contributed by atoms with E-state index in [1.54, 1.807) is 17.8 Å². The van der Waals surface area contributed by atoms with Crippen LogP contribution < -0.4 is 10.2 Å². The van der Waals surface area contributed by atoms with Crippen LogP contribution in [0.25, 0.3) is 0 Å². The van der Waals surface area contributed by atoms with Gasteiger partial charge in [-0.25, -0.2) is 0 Å². The lowest BCUT2D eigenvalue weighted by Gasteiger charge is -2.36. The fraction of sp³-hybridized carbons (Fsp3) is 0.381. The molecule has 4 rings (SSSR count). The summed E-state index contributed by atoms with van der Waals surface area (Å²) < 4.78 is 38.8. The molecule has 8 heteroatoms. The van der Waals surface area contributed by atoms with Gasteiger partial charge in [0.25, 0.3) is 0 Å². The van der Waals surface area contributed by atoms with E-state index in [-0.39, 0.29) is 5.91 Å². The van der Waals surface area contributed by atoms with Gasteiger partial charge in [0.2, 0.25) is 5.91 Å². The Morgan fingerprint density at radius 3 is 2.59 bits per heavy atom. The monoisotopic (exact) mass is 421 g/mol. The number of anilines is 2. The van der Waals surface area contributed by atoms with Crippen LogP contribution in [-0.4, -0.2) is 49.3 Å². The maximum absolute atomic E-state index is 12.9. The third-order valence-corrected chi connectivity index (χ3v) is 6.38. The highest BCUT2D eigenvalue weighted by molar-refractivity contribution is 8.00. The van der Waals surface area contributed by atoms with E-state index in [0.717, 1.165) is 42.7 Å². The molecular formula is C21H22F3N3OS. The van der Waals surface area contributed by atoms with Gasteiger partial charge in [0, 0.05) is 43.3 Å². The van der Waals surface area contributed by atoms with Gasteiger partial charge in [-0.1, -0.05) is 12.1 Å². The second kappa shape index (κ2) is 8.28. The van der Waals surface area contributed by atoms with Gasteiger partial charge < -0.3 is 10.2 Å². The number of benzene rings is 2. The molecule has 154 valence electrons. The van der Waals surface area contributed by atoms with Gasteiger partial charge >= 0.3 is 6.18 Å². The molecule has 1 N–H and O–H groups in total. The minimum Gasteiger partial charge on any atom is -0.369 e. The maximum Gasteiger partial charge on any atom is 0.416 e. The Kier molecular flexibility index (Phi) is 5.74. The van der Waals surface area contributed by atoms with E-state index in [1.807, 2.05) is 11.0 Å². The first-order valence-electron chi connectivity index (χ1n) is 9.59. The Labute approximate surface area is 172 Å². The van der Waals surface area contributed by atoms with Crippen molar-refractivity contribution >= 4 is 29.0 Å². The number of halogens is 3. The summed E-state index contributed by atoms with van der Waals surface area (Å²) in [6.07, 6.45) is -3.44. The van der Waals surface area contributed by atoms with Crippen molar-refractivity contribution in [2.45, 2.75) is 17.5 Å². The number of nitrogens with one attached hydrogen (secondary N) is 1. The third kappa shape index (κ3) is 4.87. The van der Waals surface area contributed by atoms with Gasteiger partial charge in [-0.15, -0.1) is 11.8 Å². The number of carbonyl (C=O) groups excluding carboxylic acids is 1. The Bertz CT molecular complexity index is 895. The second-order valence-corrected chi connectivity index (χ2v) is 8.31. The van der Waals surface area contributed by atoms with Gasteiger partial charge in [0.05, 0.1) is 17.0 Å². The zero-order valence-electron chi connectivity index (χ0n) is 15.8. The fourth-order valence-electron chi connectivity index (χ4n) is 3.68. The van der Waals surface area contributed by atoms with E-state index in [1.165, 1.54) is 17.7 Å². The Morgan fingerprint density at radius 1 is 1.03 bits per heavy atom. The molecule has 29 heavy (non-hydrogen) atoms. The maximum atomic E-state index is 12.9. The smallest absolute Gasteiger partial charge is 0.369 e. The number of piperazine rings is 1. The van der Waals surface area contributed by atoms with Crippen LogP contribution in [0.4, 0.5) is 24.5 Å². The molecule has 1 saturated heterocycles. The molecule has 1 fully saturated rings. The molecule has 0 bridgehead atoms. The van der Waals surface area contributed by atoms with Gasteiger partial charge in [0.1, 0.15) is 0 Å². The fourth-order valence-corrected chi connectivity index (χ4v) is 4.47. The average Bonchev–Trinajstić information content (AvgIpc) is 2.72. The van der Waals surface area contributed by atoms with E-state index >= 15 is 0 Å². The standard InChI is InChI=1S/C21H22F3N3OS/c22-21(23,24)16-2-1-3-17(13-16)27-10-8-26(9-11-27)7-6-15-4-5-19-18(12-15)25-20(28)14-29-19/h1-5,12-13H,6-11,14H2,(H,25,28). The van der Waals surface area contributed by atoms with Crippen LogP contribution in [0.15, 0.2) is 47.4 Å². The number of fused-ring (bicyclic) bond motifs is 1. The molecule has 2 aliphatic heterocycles. The van der Waals surface area contributed by atoms with Crippen LogP contribution in [0, 0.1) is 0 Å². The van der Waals surface area contributed by atoms with Crippen molar-refractivity contribution in [3.05, 3.63) is 53.6 Å². The van der Waals surface area contributed by atoms with E-state index < -0.39 is 11.7 Å². The molecule has 0 aromatic heterocycles. The largest absolute Gasteiger partial charge is 0.416 e. The number of hydrogen-bond acceptors (Lipinski definition) is 4. The zero-order valence-corrected chi connectivity index (χ0v) is 16.7. The normalized spacial score (nSPS) is 17.8. The minimum absolute atomic E-state index is 0.0327. The van der Waals surface area contributed by atoms with Crippen LogP contribution >= 0.6 is 11.8 Å². The number of alkyl halides is 3. The highest BCUT2D eigenvalue weighted by Gasteiger charge is 2.31. The second-order valence-electron chi connectivity index (χ2n) is 7.29. The molecular weight excluding hydrogens is 399 g/mol. The van der Waals surface area contributed by atoms with Crippen molar-refractivity contribution in [1.82, 2.24) is 4.90 Å². The van der Waals surface area contributed by atoms with Crippen LogP contribution in [0.1, 0.15) is 11.1 Å². The van der Waals surface area contributed by atoms with E-state index in [9.17, 15) is 18.0 Å². The molecule has 4 nitrogen and oxygen atoms in total. The van der Waals surface area contributed by atoms with E-state index in [0.29, 0.717) is 24.5 Å². The van der Waals surface area contributed by atoms with Crippen LogP contribution in [-0.2, 0) is 17.4 Å². The van der Waals surface area contributed by atoms with Gasteiger partial charge in [-0.2, -0.15) is 13.2 Å². The molecule has 2 aliphatic rings. The van der Waals surface area contributed by atoms with Crippen molar-refractivity contribution in [1.29, 1.82) is 0 Å². The summed E-state index contributed by atoms with van der Waals surface area (Å²) in [5.74, 6) is 0.494. The third-order valence-electron chi connectivity index (χ3n) is 5.30. The van der Waals surface area contributed by atoms with E-state index in [2.05, 4.69) is 22.3 Å². The van der Waals surface area contributed by atoms with Crippen molar-refractivity contribution in [3.8, 4) is 0 Å². The lowest BCUT2D eigenvalue weighted by molar-refractivity contribution is -0.137. The first kappa shape index (κ1) is 20.1. The average molecular weight is 421 g/mol. The topological polar surface area (TPSA) is 35.6 Å². The molecule has 2 heterocycles. The van der Waals surface area contributed by atoms with E-state index in [4.69, 9.17) is 0 Å². The highest BCUT2D eigenvalue weighted by Crippen LogP contribution is 2.33. The molecule has 2 aromatic carbocycles. The first-order valence-corrected chi connectivity index (χ1v) is 10.6. The summed E-state index contributed by atoms with van der Waals surface area (Å²) in [7, 11) is 0. The summed E-state index contributed by atoms with van der Waals surface area (Å²) in [5.41, 5.74) is 2.09. The zero-order chi connectivity index (χ0) is 20.4. The Morgan fingerprint density at radius 2 is 1.83 bits per heavy atom. The van der Waals surface area contributed by atoms with Crippen LogP contribution in [0.2, 0.25) is 0 Å². The van der Waals surface area contributed by atoms with Crippen molar-refractivity contribution in [2.75, 3.05) is 48.7 Å². The molecule has 0 saturated carbocycles. The van der Waals surface area contributed by atoms with Crippen molar-refractivity contribution in [2.24, 2.45) is 0 Å². The van der Waals surface area contributed by atoms with Crippen molar-refractivity contribution < 1.29 is 18.0 Å². The molecule has 2 aromatic rings. The van der Waals surface area contributed by atoms with Gasteiger partial charge in [-0.05, 0) is 42.3 Å². The predicted molar refractivity (Wildman–Crippen MR) is 110 cm³/mol. The lowest BCUT2D eigenvalue weighted by atomic mass is 10.1. The highest BCUT2D eigenvalue weighted by atomic mass is 32.2. The molecule has 0 spiro atoms. The quantitative estimate of drug-likeness (QED) is 0.806. The minimum atomic E-state index is -4.31. The summed E-state index contributed by atoms with van der Waals surface area (Å²) in [4.78, 5) is 17.0. The van der Waals surface area contributed by atoms with Crippen molar-refractivity contribution in [3.63, 3.8) is 0 Å². The number of hydrogen-bond donors (Lipinski definition) is 1. The molecule has 0 aliphatic carbocycles. The molecule has 1 amide bonds. The van der Waals surface area contributed by atoms with Crippen LogP contribution in [0.3, 0.4) is 0 Å². The Hall–Kier alpha value is -2.19. The predicted octanol–water partition coefficient (Wildman–Crippen LogP) is 4.11. The lowest BCUT2D eigenvalue weighted by Crippen LogP contribution is -2.47. The molecule has 0 radical (unpaired) electrons. The summed E-state index contributed by atoms with van der Waals surface area (Å²) in [6, 6.07) is 11.7.